The van der Waals surface area contributed by atoms with Crippen molar-refractivity contribution in [3.05, 3.63) is 141 Å². The Morgan fingerprint density at radius 3 is 1.51 bits per heavy atom. The molecule has 6 N–H and O–H groups in total. The van der Waals surface area contributed by atoms with Crippen molar-refractivity contribution in [2.45, 2.75) is 83.1 Å². The number of aromatic amines is 1. The number of halogens is 1. The summed E-state index contributed by atoms with van der Waals surface area (Å²) >= 11 is 4.64. The number of fused-ring (bicyclic) bond motifs is 2. The van der Waals surface area contributed by atoms with E-state index in [1.807, 2.05) is 79.7 Å². The minimum Gasteiger partial charge on any atom is -0.478 e. The number of nitrogens with zero attached hydrogens (tertiary/aromatic N) is 2. The number of para-hydroxylation sites is 4. The molecule has 320 valence electrons. The highest BCUT2D eigenvalue weighted by molar-refractivity contribution is 6.62. The topological polar surface area (TPSA) is 236 Å². The number of amides is 1. The minimum absolute atomic E-state index is 0.0712. The van der Waals surface area contributed by atoms with E-state index in [1.54, 1.807) is 74.5 Å². The molecular formula is C44H58ClN5O9. The van der Waals surface area contributed by atoms with Gasteiger partial charge in [-0.1, -0.05) is 104 Å². The number of nitrogen functional groups attached to an aromatic ring is 1. The molecule has 0 bridgehead atoms. The minimum atomic E-state index is -1.05. The summed E-state index contributed by atoms with van der Waals surface area (Å²) in [5.74, 6) is -1.27. The van der Waals surface area contributed by atoms with Crippen LogP contribution in [0.25, 0.3) is 21.8 Å². The average Bonchev–Trinajstić information content (AvgIpc) is 3.21. The molecule has 0 radical (unpaired) electrons. The van der Waals surface area contributed by atoms with Crippen LogP contribution in [-0.4, -0.2) is 48.3 Å². The van der Waals surface area contributed by atoms with E-state index >= 15 is 0 Å². The van der Waals surface area contributed by atoms with Gasteiger partial charge in [0.2, 0.25) is 11.1 Å². The van der Waals surface area contributed by atoms with Crippen molar-refractivity contribution in [2.24, 2.45) is 0 Å². The maximum absolute atomic E-state index is 11.3. The summed E-state index contributed by atoms with van der Waals surface area (Å²) in [5.41, 5.74) is 7.26. The largest absolute Gasteiger partial charge is 0.478 e. The lowest BCUT2D eigenvalue weighted by Crippen LogP contribution is -2.10. The molecule has 4 aromatic carbocycles. The number of nitrogens with one attached hydrogen (secondary N) is 2. The van der Waals surface area contributed by atoms with Gasteiger partial charge >= 0.3 is 17.6 Å². The number of aromatic carboxylic acids is 2. The van der Waals surface area contributed by atoms with Crippen LogP contribution in [0.1, 0.15) is 102 Å². The van der Waals surface area contributed by atoms with E-state index in [0.29, 0.717) is 39.4 Å². The van der Waals surface area contributed by atoms with Gasteiger partial charge in [-0.15, -0.1) is 0 Å². The Bertz CT molecular complexity index is 2180. The molecule has 0 aliphatic carbocycles. The van der Waals surface area contributed by atoms with Gasteiger partial charge in [0.05, 0.1) is 38.6 Å². The van der Waals surface area contributed by atoms with Gasteiger partial charge in [0.1, 0.15) is 5.82 Å². The Labute approximate surface area is 350 Å². The fraction of sp³-hybridized carbons (Fsp3) is 0.273. The highest BCUT2D eigenvalue weighted by Crippen LogP contribution is 2.14. The number of H-pyrrole nitrogens is 1. The summed E-state index contributed by atoms with van der Waals surface area (Å²) in [6, 6.07) is 27.0. The number of carboxylic acids is 2. The van der Waals surface area contributed by atoms with Gasteiger partial charge in [0.15, 0.2) is 5.89 Å². The highest BCUT2D eigenvalue weighted by atomic mass is 35.5. The average molecular weight is 836 g/mol. The van der Waals surface area contributed by atoms with E-state index in [-0.39, 0.29) is 33.5 Å². The van der Waals surface area contributed by atoms with Crippen LogP contribution in [-0.2, 0) is 9.59 Å². The van der Waals surface area contributed by atoms with Gasteiger partial charge in [-0.3, -0.25) is 14.4 Å². The second-order valence-electron chi connectivity index (χ2n) is 10.1. The van der Waals surface area contributed by atoms with Crippen molar-refractivity contribution in [1.82, 2.24) is 15.0 Å². The molecule has 0 atom stereocenters. The monoisotopic (exact) mass is 835 g/mol. The smallest absolute Gasteiger partial charge is 0.346 e. The number of nitrogens with two attached hydrogens (primary N) is 1. The zero-order chi connectivity index (χ0) is 46.1. The molecular weight excluding hydrogens is 778 g/mol. The van der Waals surface area contributed by atoms with Crippen molar-refractivity contribution >= 4 is 67.9 Å². The van der Waals surface area contributed by atoms with Crippen LogP contribution in [0.2, 0.25) is 0 Å². The summed E-state index contributed by atoms with van der Waals surface area (Å²) in [5, 5.41) is 20.5. The summed E-state index contributed by atoms with van der Waals surface area (Å²) in [7, 11) is 0. The van der Waals surface area contributed by atoms with Crippen LogP contribution in [0.4, 0.5) is 11.4 Å². The van der Waals surface area contributed by atoms with E-state index < -0.39 is 11.9 Å². The van der Waals surface area contributed by atoms with Crippen LogP contribution >= 0.6 is 11.6 Å². The number of benzene rings is 4. The molecule has 0 spiro atoms. The number of hydrogen-bond donors (Lipinski definition) is 5. The highest BCUT2D eigenvalue weighted by Gasteiger charge is 2.09. The van der Waals surface area contributed by atoms with Crippen LogP contribution in [0.15, 0.2) is 111 Å². The molecule has 15 heteroatoms. The normalized spacial score (nSPS) is 8.69. The van der Waals surface area contributed by atoms with Crippen LogP contribution in [0.5, 0.6) is 0 Å². The molecule has 59 heavy (non-hydrogen) atoms. The van der Waals surface area contributed by atoms with E-state index in [9.17, 15) is 28.8 Å². The van der Waals surface area contributed by atoms with Crippen molar-refractivity contribution < 1.29 is 33.8 Å². The number of aryl methyl sites for hydroxylation is 2. The molecule has 14 nitrogen and oxygen atoms in total. The SMILES string of the molecule is CC.CC.CC.CC.CC(=O)Cl.CC(=O)Nc1ccccc1C(=O)O.Cc1nc2ccccc2c(=O)[nH]1.Cc1nc2ccccc2c(=O)o1.Nc1ccccc1C(=O)O. The lowest BCUT2D eigenvalue weighted by Gasteiger charge is -2.04. The number of carbonyl (C=O) groups excluding carboxylic acids is 2. The van der Waals surface area contributed by atoms with Gasteiger partial charge in [-0.2, -0.15) is 0 Å². The quantitative estimate of drug-likeness (QED) is 0.0827. The van der Waals surface area contributed by atoms with Crippen molar-refractivity contribution in [3.63, 3.8) is 0 Å². The first kappa shape index (κ1) is 56.7. The summed E-state index contributed by atoms with van der Waals surface area (Å²) in [6.07, 6.45) is 0. The fourth-order valence-electron chi connectivity index (χ4n) is 3.99. The van der Waals surface area contributed by atoms with Gasteiger partial charge < -0.3 is 30.7 Å². The number of anilines is 2. The van der Waals surface area contributed by atoms with E-state index in [0.717, 1.165) is 5.52 Å². The third-order valence-corrected chi connectivity index (χ3v) is 6.03. The van der Waals surface area contributed by atoms with Gasteiger partial charge in [-0.05, 0) is 67.1 Å². The molecule has 1 amide bonds. The number of rotatable bonds is 3. The second-order valence-corrected chi connectivity index (χ2v) is 10.6. The predicted molar refractivity (Wildman–Crippen MR) is 240 cm³/mol. The molecule has 6 aromatic rings. The second kappa shape index (κ2) is 33.5. The van der Waals surface area contributed by atoms with Crippen LogP contribution in [0.3, 0.4) is 0 Å². The Morgan fingerprint density at radius 1 is 0.644 bits per heavy atom. The maximum Gasteiger partial charge on any atom is 0.346 e. The van der Waals surface area contributed by atoms with Gasteiger partial charge in [-0.25, -0.2) is 24.4 Å². The lowest BCUT2D eigenvalue weighted by molar-refractivity contribution is -0.114. The summed E-state index contributed by atoms with van der Waals surface area (Å²) < 4.78 is 4.82. The molecule has 0 aliphatic rings. The molecule has 0 aliphatic heterocycles. The lowest BCUT2D eigenvalue weighted by atomic mass is 10.2. The Balaban J connectivity index is -0.000000652. The van der Waals surface area contributed by atoms with E-state index in [4.69, 9.17) is 20.4 Å². The number of carboxylic acid groups (broad SMARTS) is 2. The maximum atomic E-state index is 11.3. The Hall–Kier alpha value is -6.67. The molecule has 0 fully saturated rings. The number of hydrogen-bond acceptors (Lipinski definition) is 10. The standard InChI is InChI=1S/C9H8N2O.C9H9NO3.C9H7NO2.C7H7NO2.C2H3ClO.4C2H6/c1-6-10-8-5-3-2-4-7(8)9(12)11-6;1-6(11)10-8-5-3-2-4-7(8)9(12)13;1-6-10-8-5-3-2-4-7(8)9(11)12-6;8-6-4-2-1-3-5(6)7(9)10;1-2(3)4;4*1-2/h2-5H,1H3,(H,10,11,12);2-5H,1H3,(H,10,11)(H,12,13);2-5H,1H3;1-4H,8H2,(H,9,10);1H3;4*1-2H3. The number of aromatic nitrogens is 3. The first-order valence-electron chi connectivity index (χ1n) is 18.8. The van der Waals surface area contributed by atoms with Crippen molar-refractivity contribution in [3.8, 4) is 0 Å². The van der Waals surface area contributed by atoms with E-state index in [1.165, 1.54) is 26.0 Å². The van der Waals surface area contributed by atoms with Crippen LogP contribution in [0, 0.1) is 13.8 Å². The first-order valence-corrected chi connectivity index (χ1v) is 19.1. The third kappa shape index (κ3) is 23.2. The third-order valence-electron chi connectivity index (χ3n) is 6.03. The summed E-state index contributed by atoms with van der Waals surface area (Å²) in [4.78, 5) is 74.3. The molecule has 6 rings (SSSR count). The van der Waals surface area contributed by atoms with Crippen LogP contribution < -0.4 is 22.2 Å². The van der Waals surface area contributed by atoms with Crippen molar-refractivity contribution in [1.29, 1.82) is 0 Å². The zero-order valence-electron chi connectivity index (χ0n) is 35.8. The molecule has 0 saturated carbocycles. The van der Waals surface area contributed by atoms with Gasteiger partial charge in [0, 0.05) is 26.5 Å². The summed E-state index contributed by atoms with van der Waals surface area (Å²) in [6.45, 7) is 22.1. The van der Waals surface area contributed by atoms with Crippen molar-refractivity contribution in [2.75, 3.05) is 11.1 Å². The molecule has 2 heterocycles. The van der Waals surface area contributed by atoms with Gasteiger partial charge in [0.25, 0.3) is 5.56 Å². The Morgan fingerprint density at radius 2 is 1.05 bits per heavy atom. The Kier molecular flexibility index (Phi) is 32.1. The fourth-order valence-corrected chi connectivity index (χ4v) is 3.99. The molecule has 0 unspecified atom stereocenters. The zero-order valence-corrected chi connectivity index (χ0v) is 36.6. The number of carbonyl (C=O) groups is 4. The molecule has 0 saturated heterocycles. The first-order chi connectivity index (χ1) is 28.1. The van der Waals surface area contributed by atoms with E-state index in [2.05, 4.69) is 31.9 Å². The molecule has 2 aromatic heterocycles. The predicted octanol–water partition coefficient (Wildman–Crippen LogP) is 9.91.